The maximum absolute atomic E-state index is 12.8. The Hall–Kier alpha value is -1.76. The van der Waals surface area contributed by atoms with E-state index in [1.165, 1.54) is 18.2 Å². The predicted octanol–water partition coefficient (Wildman–Crippen LogP) is 2.82. The Morgan fingerprint density at radius 1 is 1.43 bits per heavy atom. The zero-order chi connectivity index (χ0) is 15.5. The highest BCUT2D eigenvalue weighted by Crippen LogP contribution is 2.36. The molecule has 0 aliphatic carbocycles. The van der Waals surface area contributed by atoms with E-state index in [1.54, 1.807) is 0 Å². The van der Waals surface area contributed by atoms with Crippen molar-refractivity contribution in [2.24, 2.45) is 11.8 Å². The molecule has 0 amide bonds. The van der Waals surface area contributed by atoms with Crippen LogP contribution in [0.4, 0.5) is 13.2 Å². The average Bonchev–Trinajstić information content (AvgIpc) is 2.92. The van der Waals surface area contributed by atoms with Crippen LogP contribution in [-0.2, 0) is 15.7 Å². The predicted molar refractivity (Wildman–Crippen MR) is 67.0 cm³/mol. The number of ether oxygens (including phenoxy) is 2. The molecule has 1 saturated heterocycles. The number of hydrogen-bond acceptors (Lipinski definition) is 3. The number of carboxylic acid groups (broad SMARTS) is 1. The lowest BCUT2D eigenvalue weighted by Crippen LogP contribution is -2.30. The van der Waals surface area contributed by atoms with Crippen LogP contribution in [0.25, 0.3) is 0 Å². The quantitative estimate of drug-likeness (QED) is 0.909. The topological polar surface area (TPSA) is 55.8 Å². The molecule has 1 aliphatic rings. The highest BCUT2D eigenvalue weighted by atomic mass is 19.4. The van der Waals surface area contributed by atoms with Crippen LogP contribution in [0.5, 0.6) is 5.75 Å². The summed E-state index contributed by atoms with van der Waals surface area (Å²) >= 11 is 0. The summed E-state index contributed by atoms with van der Waals surface area (Å²) in [5.41, 5.74) is -0.906. The van der Waals surface area contributed by atoms with Crippen molar-refractivity contribution in [3.05, 3.63) is 29.8 Å². The lowest BCUT2D eigenvalue weighted by molar-refractivity contribution is -0.145. The Morgan fingerprint density at radius 3 is 2.71 bits per heavy atom. The molecule has 1 heterocycles. The molecule has 0 aromatic heterocycles. The number of alkyl halides is 3. The van der Waals surface area contributed by atoms with E-state index in [0.29, 0.717) is 19.6 Å². The van der Waals surface area contributed by atoms with Gasteiger partial charge < -0.3 is 14.6 Å². The van der Waals surface area contributed by atoms with Crippen molar-refractivity contribution >= 4 is 5.97 Å². The molecule has 21 heavy (non-hydrogen) atoms. The molecule has 2 atom stereocenters. The van der Waals surface area contributed by atoms with Crippen LogP contribution in [0.1, 0.15) is 12.0 Å². The fourth-order valence-electron chi connectivity index (χ4n) is 2.29. The van der Waals surface area contributed by atoms with Gasteiger partial charge in [0.2, 0.25) is 0 Å². The number of para-hydroxylation sites is 1. The molecule has 1 fully saturated rings. The fourth-order valence-corrected chi connectivity index (χ4v) is 2.29. The van der Waals surface area contributed by atoms with E-state index < -0.39 is 23.6 Å². The highest BCUT2D eigenvalue weighted by molar-refractivity contribution is 5.70. The van der Waals surface area contributed by atoms with Crippen molar-refractivity contribution in [2.45, 2.75) is 12.6 Å². The van der Waals surface area contributed by atoms with Gasteiger partial charge in [0.15, 0.2) is 0 Å². The van der Waals surface area contributed by atoms with Crippen LogP contribution in [0.2, 0.25) is 0 Å². The summed E-state index contributed by atoms with van der Waals surface area (Å²) in [6.45, 7) is 0.450. The first-order valence-corrected chi connectivity index (χ1v) is 6.49. The summed E-state index contributed by atoms with van der Waals surface area (Å²) in [6.07, 6.45) is -3.97. The Labute approximate surface area is 119 Å². The molecule has 116 valence electrons. The molecule has 1 aromatic rings. The summed E-state index contributed by atoms with van der Waals surface area (Å²) in [4.78, 5) is 11.2. The molecule has 7 heteroatoms. The summed E-state index contributed by atoms with van der Waals surface area (Å²) < 4.78 is 48.7. The molecule has 0 bridgehead atoms. The number of aliphatic carboxylic acids is 1. The van der Waals surface area contributed by atoms with E-state index in [0.717, 1.165) is 6.07 Å². The Morgan fingerprint density at radius 2 is 2.14 bits per heavy atom. The zero-order valence-corrected chi connectivity index (χ0v) is 11.1. The SMILES string of the molecule is O=C(O)C(COc1ccccc1C(F)(F)F)C1CCOC1. The Balaban J connectivity index is 2.09. The van der Waals surface area contributed by atoms with Crippen molar-refractivity contribution in [3.8, 4) is 5.75 Å². The molecule has 4 nitrogen and oxygen atoms in total. The maximum atomic E-state index is 12.8. The van der Waals surface area contributed by atoms with Gasteiger partial charge in [-0.05, 0) is 18.6 Å². The van der Waals surface area contributed by atoms with Gasteiger partial charge in [-0.2, -0.15) is 13.2 Å². The van der Waals surface area contributed by atoms with Gasteiger partial charge in [0.25, 0.3) is 0 Å². The van der Waals surface area contributed by atoms with Gasteiger partial charge in [0.1, 0.15) is 12.4 Å². The second-order valence-corrected chi connectivity index (χ2v) is 4.87. The maximum Gasteiger partial charge on any atom is 0.419 e. The van der Waals surface area contributed by atoms with Crippen molar-refractivity contribution in [1.29, 1.82) is 0 Å². The molecule has 2 rings (SSSR count). The minimum absolute atomic E-state index is 0.236. The summed E-state index contributed by atoms with van der Waals surface area (Å²) in [5.74, 6) is -2.56. The van der Waals surface area contributed by atoms with Crippen LogP contribution in [0.3, 0.4) is 0 Å². The second-order valence-electron chi connectivity index (χ2n) is 4.87. The van der Waals surface area contributed by atoms with E-state index >= 15 is 0 Å². The number of hydrogen-bond donors (Lipinski definition) is 1. The summed E-state index contributed by atoms with van der Waals surface area (Å²) in [6, 6.07) is 4.77. The van der Waals surface area contributed by atoms with Gasteiger partial charge in [0.05, 0.1) is 18.1 Å². The zero-order valence-electron chi connectivity index (χ0n) is 11.1. The fraction of sp³-hybridized carbons (Fsp3) is 0.500. The van der Waals surface area contributed by atoms with E-state index in [2.05, 4.69) is 0 Å². The van der Waals surface area contributed by atoms with Gasteiger partial charge >= 0.3 is 12.1 Å². The molecule has 1 N–H and O–H groups in total. The number of rotatable bonds is 5. The molecule has 0 radical (unpaired) electrons. The molecule has 1 aromatic carbocycles. The van der Waals surface area contributed by atoms with Crippen LogP contribution in [0, 0.1) is 11.8 Å². The smallest absolute Gasteiger partial charge is 0.419 e. The van der Waals surface area contributed by atoms with E-state index in [-0.39, 0.29) is 18.3 Å². The molecule has 0 saturated carbocycles. The van der Waals surface area contributed by atoms with Gasteiger partial charge in [-0.15, -0.1) is 0 Å². The largest absolute Gasteiger partial charge is 0.492 e. The van der Waals surface area contributed by atoms with Crippen LogP contribution in [-0.4, -0.2) is 30.9 Å². The lowest BCUT2D eigenvalue weighted by atomic mass is 9.92. The van der Waals surface area contributed by atoms with Crippen LogP contribution in [0.15, 0.2) is 24.3 Å². The first kappa shape index (κ1) is 15.6. The van der Waals surface area contributed by atoms with Gasteiger partial charge in [0, 0.05) is 12.5 Å². The lowest BCUT2D eigenvalue weighted by Gasteiger charge is -2.20. The number of carbonyl (C=O) groups is 1. The average molecular weight is 304 g/mol. The van der Waals surface area contributed by atoms with Crippen molar-refractivity contribution in [1.82, 2.24) is 0 Å². The highest BCUT2D eigenvalue weighted by Gasteiger charge is 2.36. The monoisotopic (exact) mass is 304 g/mol. The molecule has 0 spiro atoms. The van der Waals surface area contributed by atoms with Crippen molar-refractivity contribution in [3.63, 3.8) is 0 Å². The first-order chi connectivity index (χ1) is 9.89. The third kappa shape index (κ3) is 3.87. The Kier molecular flexibility index (Phi) is 4.72. The van der Waals surface area contributed by atoms with Gasteiger partial charge in [-0.1, -0.05) is 12.1 Å². The molecule has 1 aliphatic heterocycles. The number of halogens is 3. The van der Waals surface area contributed by atoms with Gasteiger partial charge in [-0.3, -0.25) is 4.79 Å². The minimum atomic E-state index is -4.54. The van der Waals surface area contributed by atoms with Crippen molar-refractivity contribution < 1.29 is 32.5 Å². The molecular formula is C14H15F3O4. The van der Waals surface area contributed by atoms with E-state index in [4.69, 9.17) is 9.47 Å². The third-order valence-electron chi connectivity index (χ3n) is 3.46. The number of carboxylic acids is 1. The van der Waals surface area contributed by atoms with E-state index in [1.807, 2.05) is 0 Å². The van der Waals surface area contributed by atoms with Gasteiger partial charge in [-0.25, -0.2) is 0 Å². The van der Waals surface area contributed by atoms with Crippen LogP contribution >= 0.6 is 0 Å². The van der Waals surface area contributed by atoms with Crippen LogP contribution < -0.4 is 4.74 Å². The summed E-state index contributed by atoms with van der Waals surface area (Å²) in [7, 11) is 0. The number of benzene rings is 1. The van der Waals surface area contributed by atoms with Crippen molar-refractivity contribution in [2.75, 3.05) is 19.8 Å². The standard InChI is InChI=1S/C14H15F3O4/c15-14(16,17)11-3-1-2-4-12(11)21-8-10(13(18)19)9-5-6-20-7-9/h1-4,9-10H,5-8H2,(H,18,19). The van der Waals surface area contributed by atoms with E-state index in [9.17, 15) is 23.1 Å². The molecule has 2 unspecified atom stereocenters. The second kappa shape index (κ2) is 6.34. The molecular weight excluding hydrogens is 289 g/mol. The minimum Gasteiger partial charge on any atom is -0.492 e. The Bertz CT molecular complexity index is 495. The first-order valence-electron chi connectivity index (χ1n) is 6.49. The normalized spacial score (nSPS) is 20.2. The summed E-state index contributed by atoms with van der Waals surface area (Å²) in [5, 5.41) is 9.18. The third-order valence-corrected chi connectivity index (χ3v) is 3.46.